The molecule has 3 aromatic rings. The molecule has 1 saturated carbocycles. The summed E-state index contributed by atoms with van der Waals surface area (Å²) in [6.07, 6.45) is 1.69. The van der Waals surface area contributed by atoms with E-state index in [2.05, 4.69) is 15.1 Å². The maximum absolute atomic E-state index is 13.4. The lowest BCUT2D eigenvalue weighted by Crippen LogP contribution is -2.25. The summed E-state index contributed by atoms with van der Waals surface area (Å²) in [5.74, 6) is -0.347. The van der Waals surface area contributed by atoms with E-state index in [4.69, 9.17) is 0 Å². The van der Waals surface area contributed by atoms with Crippen LogP contribution in [0.25, 0.3) is 5.69 Å². The Morgan fingerprint density at radius 3 is 2.25 bits per heavy atom. The van der Waals surface area contributed by atoms with Crippen LogP contribution in [0.15, 0.2) is 59.5 Å². The number of anilines is 1. The zero-order valence-corrected chi connectivity index (χ0v) is 18.9. The Labute approximate surface area is 186 Å². The van der Waals surface area contributed by atoms with Gasteiger partial charge in [-0.25, -0.2) is 22.2 Å². The van der Waals surface area contributed by atoms with Crippen molar-refractivity contribution in [2.45, 2.75) is 50.0 Å². The normalized spacial score (nSPS) is 14.4. The van der Waals surface area contributed by atoms with E-state index in [0.29, 0.717) is 17.1 Å². The topological polar surface area (TPSA) is 93.1 Å². The number of hydrogen-bond donors (Lipinski definition) is 2. The average molecular weight is 457 g/mol. The fourth-order valence-corrected chi connectivity index (χ4v) is 4.38. The molecule has 1 aliphatic rings. The molecule has 4 rings (SSSR count). The van der Waals surface area contributed by atoms with Gasteiger partial charge in [0.05, 0.1) is 16.3 Å². The first-order chi connectivity index (χ1) is 15.0. The molecule has 32 heavy (non-hydrogen) atoms. The van der Waals surface area contributed by atoms with Gasteiger partial charge in [0.25, 0.3) is 5.91 Å². The molecule has 0 unspecified atom stereocenters. The molecule has 2 aromatic carbocycles. The number of benzene rings is 2. The predicted octanol–water partition coefficient (Wildman–Crippen LogP) is 4.00. The first-order valence-electron chi connectivity index (χ1n) is 10.3. The van der Waals surface area contributed by atoms with Crippen LogP contribution in [0.1, 0.15) is 49.7 Å². The first kappa shape index (κ1) is 22.2. The highest BCUT2D eigenvalue weighted by Gasteiger charge is 2.28. The van der Waals surface area contributed by atoms with Crippen molar-refractivity contribution >= 4 is 21.7 Å². The van der Waals surface area contributed by atoms with Crippen molar-refractivity contribution < 1.29 is 17.6 Å². The van der Waals surface area contributed by atoms with Gasteiger partial charge in [-0.3, -0.25) is 4.79 Å². The number of amides is 1. The molecule has 2 N–H and O–H groups in total. The third-order valence-corrected chi connectivity index (χ3v) is 6.65. The van der Waals surface area contributed by atoms with Gasteiger partial charge in [-0.15, -0.1) is 0 Å². The summed E-state index contributed by atoms with van der Waals surface area (Å²) in [5.41, 5.74) is 1.39. The van der Waals surface area contributed by atoms with Gasteiger partial charge in [-0.05, 0) is 61.4 Å². The maximum atomic E-state index is 13.4. The lowest BCUT2D eigenvalue weighted by Gasteiger charge is -2.14. The van der Waals surface area contributed by atoms with Gasteiger partial charge in [-0.2, -0.15) is 5.10 Å². The van der Waals surface area contributed by atoms with E-state index < -0.39 is 15.9 Å². The Bertz CT molecular complexity index is 1240. The Kier molecular flexibility index (Phi) is 5.64. The molecule has 1 fully saturated rings. The molecule has 7 nitrogen and oxygen atoms in total. The van der Waals surface area contributed by atoms with Gasteiger partial charge >= 0.3 is 0 Å². The van der Waals surface area contributed by atoms with Crippen molar-refractivity contribution in [3.05, 3.63) is 71.7 Å². The number of carbonyl (C=O) groups is 1. The Hall–Kier alpha value is -3.04. The molecule has 0 bridgehead atoms. The molecule has 168 valence electrons. The number of hydrogen-bond acceptors (Lipinski definition) is 4. The minimum absolute atomic E-state index is 0.00624. The first-order valence-corrected chi connectivity index (χ1v) is 11.8. The van der Waals surface area contributed by atoms with E-state index in [9.17, 15) is 17.6 Å². The van der Waals surface area contributed by atoms with Gasteiger partial charge < -0.3 is 5.32 Å². The van der Waals surface area contributed by atoms with E-state index in [0.717, 1.165) is 18.5 Å². The van der Waals surface area contributed by atoms with Gasteiger partial charge in [0.2, 0.25) is 10.0 Å². The van der Waals surface area contributed by atoms with E-state index in [-0.39, 0.29) is 22.2 Å². The predicted molar refractivity (Wildman–Crippen MR) is 120 cm³/mol. The van der Waals surface area contributed by atoms with E-state index in [1.54, 1.807) is 22.9 Å². The third kappa shape index (κ3) is 4.89. The molecule has 1 amide bonds. The molecule has 1 aromatic heterocycles. The lowest BCUT2D eigenvalue weighted by molar-refractivity contribution is 0.102. The van der Waals surface area contributed by atoms with E-state index in [1.165, 1.54) is 36.4 Å². The third-order valence-electron chi connectivity index (χ3n) is 5.12. The molecule has 1 heterocycles. The lowest BCUT2D eigenvalue weighted by atomic mass is 9.92. The summed E-state index contributed by atoms with van der Waals surface area (Å²) in [5, 5.41) is 7.44. The standard InChI is InChI=1S/C23H25FN4O3S/c1-23(2,3)20-14-21(28(26-20)18-10-6-16(24)7-11-18)25-22(29)15-4-12-19(13-5-15)32(30,31)27-17-8-9-17/h4-7,10-14,17,27H,8-9H2,1-3H3,(H,25,29). The van der Waals surface area contributed by atoms with Gasteiger partial charge in [0, 0.05) is 23.1 Å². The monoisotopic (exact) mass is 456 g/mol. The van der Waals surface area contributed by atoms with Crippen LogP contribution in [0.5, 0.6) is 0 Å². The molecule has 0 aliphatic heterocycles. The highest BCUT2D eigenvalue weighted by Crippen LogP contribution is 2.27. The largest absolute Gasteiger partial charge is 0.306 e. The van der Waals surface area contributed by atoms with Crippen LogP contribution < -0.4 is 10.0 Å². The van der Waals surface area contributed by atoms with Crippen LogP contribution in [0, 0.1) is 5.82 Å². The summed E-state index contributed by atoms with van der Waals surface area (Å²) in [4.78, 5) is 13.0. The highest BCUT2D eigenvalue weighted by molar-refractivity contribution is 7.89. The number of carbonyl (C=O) groups excluding carboxylic acids is 1. The smallest absolute Gasteiger partial charge is 0.256 e. The number of nitrogens with one attached hydrogen (secondary N) is 2. The molecule has 0 saturated heterocycles. The molecule has 9 heteroatoms. The van der Waals surface area contributed by atoms with Crippen LogP contribution in [0.3, 0.4) is 0 Å². The molecular weight excluding hydrogens is 431 g/mol. The minimum Gasteiger partial charge on any atom is -0.306 e. The van der Waals surface area contributed by atoms with E-state index in [1.807, 2.05) is 20.8 Å². The second-order valence-corrected chi connectivity index (χ2v) is 10.6. The second kappa shape index (κ2) is 8.14. The van der Waals surface area contributed by atoms with Crippen LogP contribution in [0.2, 0.25) is 0 Å². The Morgan fingerprint density at radius 2 is 1.69 bits per heavy atom. The highest BCUT2D eigenvalue weighted by atomic mass is 32.2. The van der Waals surface area contributed by atoms with Crippen LogP contribution in [-0.4, -0.2) is 30.1 Å². The fourth-order valence-electron chi connectivity index (χ4n) is 3.08. The minimum atomic E-state index is -3.58. The quantitative estimate of drug-likeness (QED) is 0.586. The molecule has 0 atom stereocenters. The fraction of sp³-hybridized carbons (Fsp3) is 0.304. The number of halogens is 1. The van der Waals surface area contributed by atoms with Crippen LogP contribution >= 0.6 is 0 Å². The molecule has 0 radical (unpaired) electrons. The number of rotatable bonds is 6. The molecule has 0 spiro atoms. The second-order valence-electron chi connectivity index (χ2n) is 8.93. The molecular formula is C23H25FN4O3S. The van der Waals surface area contributed by atoms with Crippen molar-refractivity contribution in [1.29, 1.82) is 0 Å². The Balaban J connectivity index is 1.59. The SMILES string of the molecule is CC(C)(C)c1cc(NC(=O)c2ccc(S(=O)(=O)NC3CC3)cc2)n(-c2ccc(F)cc2)n1. The number of aromatic nitrogens is 2. The van der Waals surface area contributed by atoms with Crippen molar-refractivity contribution in [2.24, 2.45) is 0 Å². The van der Waals surface area contributed by atoms with Crippen molar-refractivity contribution in [2.75, 3.05) is 5.32 Å². The maximum Gasteiger partial charge on any atom is 0.256 e. The van der Waals surface area contributed by atoms with Crippen LogP contribution in [0.4, 0.5) is 10.2 Å². The molecule has 1 aliphatic carbocycles. The van der Waals surface area contributed by atoms with Gasteiger partial charge in [0.15, 0.2) is 0 Å². The summed E-state index contributed by atoms with van der Waals surface area (Å²) >= 11 is 0. The van der Waals surface area contributed by atoms with Crippen molar-refractivity contribution in [3.63, 3.8) is 0 Å². The van der Waals surface area contributed by atoms with Gasteiger partial charge in [-0.1, -0.05) is 20.8 Å². The summed E-state index contributed by atoms with van der Waals surface area (Å²) in [6.45, 7) is 6.01. The summed E-state index contributed by atoms with van der Waals surface area (Å²) in [7, 11) is -3.58. The number of nitrogens with zero attached hydrogens (tertiary/aromatic N) is 2. The summed E-state index contributed by atoms with van der Waals surface area (Å²) in [6, 6.07) is 13.4. The average Bonchev–Trinajstić information content (AvgIpc) is 3.43. The van der Waals surface area contributed by atoms with Crippen molar-refractivity contribution in [3.8, 4) is 5.69 Å². The van der Waals surface area contributed by atoms with Gasteiger partial charge in [0.1, 0.15) is 11.6 Å². The number of sulfonamides is 1. The summed E-state index contributed by atoms with van der Waals surface area (Å²) < 4.78 is 42.2. The Morgan fingerprint density at radius 1 is 1.06 bits per heavy atom. The zero-order valence-electron chi connectivity index (χ0n) is 18.1. The zero-order chi connectivity index (χ0) is 23.1. The van der Waals surface area contributed by atoms with E-state index >= 15 is 0 Å². The van der Waals surface area contributed by atoms with Crippen molar-refractivity contribution in [1.82, 2.24) is 14.5 Å². The van der Waals surface area contributed by atoms with Crippen LogP contribution in [-0.2, 0) is 15.4 Å².